The highest BCUT2D eigenvalue weighted by molar-refractivity contribution is 5.99. The summed E-state index contributed by atoms with van der Waals surface area (Å²) < 4.78 is 66.8. The zero-order valence-electron chi connectivity index (χ0n) is 30.4. The van der Waals surface area contributed by atoms with E-state index < -0.39 is 29.9 Å². The van der Waals surface area contributed by atoms with E-state index in [1.54, 1.807) is 6.07 Å². The number of nitrogens with two attached hydrogens (primary N) is 2. The van der Waals surface area contributed by atoms with Crippen LogP contribution in [0.5, 0.6) is 0 Å². The number of H-pyrrole nitrogens is 1. The average Bonchev–Trinajstić information content (AvgIpc) is 3.60. The predicted octanol–water partition coefficient (Wildman–Crippen LogP) is 6.62. The second-order valence-corrected chi connectivity index (χ2v) is 14.9. The molecular formula is C40H46F5N7O3. The number of hydrogen-bond acceptors (Lipinski definition) is 6. The van der Waals surface area contributed by atoms with Gasteiger partial charge in [0.05, 0.1) is 11.0 Å². The number of imidazole rings is 1. The number of hydrogen-bond donors (Lipinski definition) is 6. The van der Waals surface area contributed by atoms with Crippen LogP contribution in [0.3, 0.4) is 0 Å². The molecule has 0 radical (unpaired) electrons. The molecular weight excluding hydrogens is 721 g/mol. The predicted molar refractivity (Wildman–Crippen MR) is 199 cm³/mol. The van der Waals surface area contributed by atoms with E-state index in [4.69, 9.17) is 11.5 Å². The number of aryl methyl sites for hydroxylation is 1. The molecule has 15 heteroatoms. The van der Waals surface area contributed by atoms with Gasteiger partial charge in [0.2, 0.25) is 11.8 Å². The van der Waals surface area contributed by atoms with Crippen LogP contribution in [0.25, 0.3) is 22.2 Å². The van der Waals surface area contributed by atoms with Crippen molar-refractivity contribution in [2.24, 2.45) is 23.3 Å². The number of fused-ring (bicyclic) bond motifs is 1. The lowest BCUT2D eigenvalue weighted by Crippen LogP contribution is -2.48. The lowest BCUT2D eigenvalue weighted by molar-refractivity contribution is -0.292. The maximum absolute atomic E-state index is 14.0. The van der Waals surface area contributed by atoms with Gasteiger partial charge in [-0.15, -0.1) is 0 Å². The van der Waals surface area contributed by atoms with Gasteiger partial charge in [0.25, 0.3) is 5.91 Å². The van der Waals surface area contributed by atoms with Crippen LogP contribution in [-0.4, -0.2) is 58.5 Å². The molecule has 1 heterocycles. The Bertz CT molecular complexity index is 2000. The van der Waals surface area contributed by atoms with Gasteiger partial charge in [-0.25, -0.2) is 4.98 Å². The van der Waals surface area contributed by atoms with Crippen LogP contribution in [-0.2, 0) is 21.9 Å². The van der Waals surface area contributed by atoms with E-state index in [0.29, 0.717) is 30.9 Å². The number of amides is 3. The molecule has 2 aliphatic carbocycles. The lowest BCUT2D eigenvalue weighted by Gasteiger charge is -2.28. The summed E-state index contributed by atoms with van der Waals surface area (Å²) in [6, 6.07) is 16.0. The van der Waals surface area contributed by atoms with Crippen molar-refractivity contribution in [3.05, 3.63) is 83.2 Å². The summed E-state index contributed by atoms with van der Waals surface area (Å²) in [4.78, 5) is 45.6. The van der Waals surface area contributed by atoms with E-state index in [-0.39, 0.29) is 53.0 Å². The molecule has 8 N–H and O–H groups in total. The Balaban J connectivity index is 1.17. The van der Waals surface area contributed by atoms with Crippen LogP contribution in [0.4, 0.5) is 27.6 Å². The largest absolute Gasteiger partial charge is 0.461 e. The molecule has 0 unspecified atom stereocenters. The number of carbonyl (C=O) groups is 3. The number of halogens is 5. The minimum absolute atomic E-state index is 0.0758. The number of nitrogens with zero attached hydrogens (tertiary/aromatic N) is 1. The Kier molecular flexibility index (Phi) is 11.9. The quantitative estimate of drug-likeness (QED) is 0.0938. The van der Waals surface area contributed by atoms with Gasteiger partial charge in [0, 0.05) is 35.7 Å². The number of aromatic amines is 1. The highest BCUT2D eigenvalue weighted by Crippen LogP contribution is 2.43. The smallest absolute Gasteiger partial charge is 0.349 e. The molecule has 2 saturated carbocycles. The molecule has 6 rings (SSSR count). The maximum Gasteiger partial charge on any atom is 0.461 e. The first kappa shape index (κ1) is 39.8. The number of rotatable bonds is 11. The molecule has 294 valence electrons. The Labute approximate surface area is 315 Å². The number of nitrogens with one attached hydrogen (secondary N) is 4. The average molecular weight is 768 g/mol. The highest BCUT2D eigenvalue weighted by Gasteiger charge is 2.61. The standard InChI is InChI=1S/C40H46F5N7O3/c1-22-18-27(36(54)48-29-13-11-28(47)12-14-29)10-16-31(22)25-6-2-23(3-7-25)19-34(50-35(53)26-8-4-24(21-46)5-9-26)37(55)49-30-15-17-32-33(20-30)52-38(51-32)39(41,42)40(43,44)45/h2-3,6-7,10,15-18,20,24,26,28-29,34H,4-5,8-9,11-14,19,21,46-47H2,1H3,(H,48,54)(H,49,55)(H,50,53)(H,51,52)/t24-,26-,28-,29-,34-/m0/s1. The third-order valence-electron chi connectivity index (χ3n) is 10.9. The van der Waals surface area contributed by atoms with Gasteiger partial charge in [0.1, 0.15) is 6.04 Å². The Hall–Kier alpha value is -4.89. The molecule has 0 aliphatic heterocycles. The normalized spacial score (nSPS) is 21.2. The summed E-state index contributed by atoms with van der Waals surface area (Å²) in [5, 5.41) is 8.69. The first-order chi connectivity index (χ1) is 26.1. The van der Waals surface area contributed by atoms with Gasteiger partial charge >= 0.3 is 12.1 Å². The molecule has 55 heavy (non-hydrogen) atoms. The summed E-state index contributed by atoms with van der Waals surface area (Å²) in [6.45, 7) is 2.47. The molecule has 1 aromatic heterocycles. The van der Waals surface area contributed by atoms with Crippen molar-refractivity contribution in [2.75, 3.05) is 11.9 Å². The van der Waals surface area contributed by atoms with E-state index in [1.165, 1.54) is 18.2 Å². The van der Waals surface area contributed by atoms with Crippen LogP contribution in [0, 0.1) is 18.8 Å². The summed E-state index contributed by atoms with van der Waals surface area (Å²) in [5.41, 5.74) is 15.7. The van der Waals surface area contributed by atoms with Crippen LogP contribution in [0.15, 0.2) is 60.7 Å². The second kappa shape index (κ2) is 16.5. The summed E-state index contributed by atoms with van der Waals surface area (Å²) in [6.07, 6.45) is 0.606. The molecule has 10 nitrogen and oxygen atoms in total. The topological polar surface area (TPSA) is 168 Å². The molecule has 0 bridgehead atoms. The van der Waals surface area contributed by atoms with Gasteiger partial charge in [-0.2, -0.15) is 22.0 Å². The van der Waals surface area contributed by atoms with Crippen molar-refractivity contribution in [1.82, 2.24) is 20.6 Å². The fourth-order valence-corrected chi connectivity index (χ4v) is 7.47. The first-order valence-electron chi connectivity index (χ1n) is 18.6. The van der Waals surface area contributed by atoms with Crippen LogP contribution >= 0.6 is 0 Å². The van der Waals surface area contributed by atoms with Crippen LogP contribution < -0.4 is 27.4 Å². The van der Waals surface area contributed by atoms with Gasteiger partial charge in [-0.1, -0.05) is 30.3 Å². The molecule has 2 fully saturated rings. The minimum Gasteiger partial charge on any atom is -0.349 e. The second-order valence-electron chi connectivity index (χ2n) is 14.9. The van der Waals surface area contributed by atoms with E-state index in [2.05, 4.69) is 20.9 Å². The molecule has 2 aliphatic rings. The molecule has 0 spiro atoms. The zero-order chi connectivity index (χ0) is 39.5. The van der Waals surface area contributed by atoms with Crippen LogP contribution in [0.1, 0.15) is 78.7 Å². The minimum atomic E-state index is -5.85. The number of anilines is 1. The highest BCUT2D eigenvalue weighted by atomic mass is 19.4. The molecule has 4 aromatic rings. The van der Waals surface area contributed by atoms with E-state index in [0.717, 1.165) is 60.8 Å². The molecule has 3 aromatic carbocycles. The summed E-state index contributed by atoms with van der Waals surface area (Å²) >= 11 is 0. The van der Waals surface area contributed by atoms with Gasteiger partial charge < -0.3 is 32.4 Å². The summed E-state index contributed by atoms with van der Waals surface area (Å²) in [5.74, 6) is -7.73. The van der Waals surface area contributed by atoms with Crippen molar-refractivity contribution in [3.63, 3.8) is 0 Å². The van der Waals surface area contributed by atoms with Crippen molar-refractivity contribution in [2.45, 2.75) is 94.9 Å². The third-order valence-corrected chi connectivity index (χ3v) is 10.9. The van der Waals surface area contributed by atoms with E-state index in [9.17, 15) is 36.3 Å². The maximum atomic E-state index is 14.0. The van der Waals surface area contributed by atoms with Crippen molar-refractivity contribution in [1.29, 1.82) is 0 Å². The Morgan fingerprint density at radius 2 is 1.58 bits per heavy atom. The molecule has 1 atom stereocenters. The van der Waals surface area contributed by atoms with Gasteiger partial charge in [-0.05, 0) is 123 Å². The Morgan fingerprint density at radius 3 is 2.22 bits per heavy atom. The molecule has 3 amide bonds. The Morgan fingerprint density at radius 1 is 0.891 bits per heavy atom. The fourth-order valence-electron chi connectivity index (χ4n) is 7.47. The van der Waals surface area contributed by atoms with Gasteiger partial charge in [-0.3, -0.25) is 14.4 Å². The number of alkyl halides is 5. The lowest BCUT2D eigenvalue weighted by atomic mass is 9.81. The van der Waals surface area contributed by atoms with E-state index >= 15 is 0 Å². The van der Waals surface area contributed by atoms with Crippen LogP contribution in [0.2, 0.25) is 0 Å². The molecule has 0 saturated heterocycles. The third kappa shape index (κ3) is 9.33. The van der Waals surface area contributed by atoms with Crippen molar-refractivity contribution in [3.8, 4) is 11.1 Å². The number of benzene rings is 3. The van der Waals surface area contributed by atoms with Crippen molar-refractivity contribution >= 4 is 34.4 Å². The fraction of sp³-hybridized carbons (Fsp3) is 0.450. The first-order valence-corrected chi connectivity index (χ1v) is 18.6. The zero-order valence-corrected chi connectivity index (χ0v) is 30.4. The SMILES string of the molecule is Cc1cc(C(=O)N[C@H]2CC[C@H](N)CC2)ccc1-c1ccc(C[C@H](NC(=O)[C@H]2CC[C@H](CN)CC2)C(=O)Nc2ccc3[nH]c(C(F)(F)C(F)(F)F)nc3c2)cc1. The number of carbonyl (C=O) groups excluding carboxylic acids is 3. The summed E-state index contributed by atoms with van der Waals surface area (Å²) in [7, 11) is 0. The monoisotopic (exact) mass is 767 g/mol. The van der Waals surface area contributed by atoms with E-state index in [1.807, 2.05) is 48.3 Å². The van der Waals surface area contributed by atoms with Gasteiger partial charge in [0.15, 0.2) is 5.82 Å². The number of aromatic nitrogens is 2. The van der Waals surface area contributed by atoms with Crippen molar-refractivity contribution < 1.29 is 36.3 Å².